The van der Waals surface area contributed by atoms with Crippen molar-refractivity contribution in [2.75, 3.05) is 13.1 Å². The quantitative estimate of drug-likeness (QED) is 0.580. The summed E-state index contributed by atoms with van der Waals surface area (Å²) in [5, 5.41) is 21.6. The molecule has 2 amide bonds. The Hall–Kier alpha value is -3.35. The summed E-state index contributed by atoms with van der Waals surface area (Å²) < 4.78 is 0. The summed E-state index contributed by atoms with van der Waals surface area (Å²) in [7, 11) is 0. The second-order valence-electron chi connectivity index (χ2n) is 8.51. The van der Waals surface area contributed by atoms with E-state index in [-0.39, 0.29) is 25.0 Å². The highest BCUT2D eigenvalue weighted by Gasteiger charge is 2.29. The van der Waals surface area contributed by atoms with Gasteiger partial charge in [0.2, 0.25) is 0 Å². The summed E-state index contributed by atoms with van der Waals surface area (Å²) in [5.74, 6) is -2.97. The minimum Gasteiger partial charge on any atom is -0.481 e. The zero-order valence-electron chi connectivity index (χ0n) is 18.2. The summed E-state index contributed by atoms with van der Waals surface area (Å²) in [4.78, 5) is 37.1. The fraction of sp³-hybridized carbons (Fsp3) is 0.400. The number of nitrogens with one attached hydrogen (secondary N) is 1. The highest BCUT2D eigenvalue weighted by molar-refractivity contribution is 5.77. The van der Waals surface area contributed by atoms with Crippen LogP contribution >= 0.6 is 0 Å². The maximum Gasteiger partial charge on any atom is 0.317 e. The monoisotopic (exact) mass is 438 g/mol. The Morgan fingerprint density at radius 1 is 1.03 bits per heavy atom. The molecule has 3 N–H and O–H groups in total. The van der Waals surface area contributed by atoms with Gasteiger partial charge in [-0.05, 0) is 42.4 Å². The van der Waals surface area contributed by atoms with E-state index in [0.717, 1.165) is 16.7 Å². The average molecular weight is 439 g/mol. The first-order valence-electron chi connectivity index (χ1n) is 11.0. The standard InChI is InChI=1S/C25H30N2O5/c1-17(23(28)29)14-22(26-25(32)27-13-5-8-21(16-27)24(30)31)15-18-9-11-20(12-10-18)19-6-3-2-4-7-19/h2-4,6-7,9-12,17,21-22H,5,8,13-16H2,1H3,(H,26,32)(H,28,29)(H,30,31)/t17-,21?,22+/m1/s1. The molecule has 7 nitrogen and oxygen atoms in total. The number of likely N-dealkylation sites (tertiary alicyclic amines) is 1. The summed E-state index contributed by atoms with van der Waals surface area (Å²) in [5.41, 5.74) is 3.19. The van der Waals surface area contributed by atoms with Gasteiger partial charge in [0, 0.05) is 19.1 Å². The van der Waals surface area contributed by atoms with Crippen LogP contribution in [0.3, 0.4) is 0 Å². The van der Waals surface area contributed by atoms with Gasteiger partial charge in [0.05, 0.1) is 11.8 Å². The van der Waals surface area contributed by atoms with Gasteiger partial charge in [-0.3, -0.25) is 9.59 Å². The van der Waals surface area contributed by atoms with Gasteiger partial charge in [0.15, 0.2) is 0 Å². The molecular formula is C25H30N2O5. The van der Waals surface area contributed by atoms with Crippen molar-refractivity contribution in [3.63, 3.8) is 0 Å². The lowest BCUT2D eigenvalue weighted by atomic mass is 9.95. The lowest BCUT2D eigenvalue weighted by Gasteiger charge is -2.32. The van der Waals surface area contributed by atoms with Gasteiger partial charge in [-0.15, -0.1) is 0 Å². The van der Waals surface area contributed by atoms with Gasteiger partial charge in [0.25, 0.3) is 0 Å². The minimum atomic E-state index is -0.910. The largest absolute Gasteiger partial charge is 0.481 e. The first-order chi connectivity index (χ1) is 15.3. The van der Waals surface area contributed by atoms with Gasteiger partial charge in [-0.25, -0.2) is 4.79 Å². The molecule has 32 heavy (non-hydrogen) atoms. The highest BCUT2D eigenvalue weighted by Crippen LogP contribution is 2.21. The molecule has 0 spiro atoms. The van der Waals surface area contributed by atoms with Gasteiger partial charge in [0.1, 0.15) is 0 Å². The number of nitrogens with zero attached hydrogens (tertiary/aromatic N) is 1. The summed E-state index contributed by atoms with van der Waals surface area (Å²) in [6.07, 6.45) is 1.99. The molecule has 0 saturated carbocycles. The van der Waals surface area contributed by atoms with Crippen LogP contribution in [0, 0.1) is 11.8 Å². The molecule has 1 unspecified atom stereocenters. The molecule has 170 valence electrons. The Bertz CT molecular complexity index is 929. The van der Waals surface area contributed by atoms with Crippen LogP contribution in [0.2, 0.25) is 0 Å². The van der Waals surface area contributed by atoms with Crippen molar-refractivity contribution in [3.05, 3.63) is 60.2 Å². The van der Waals surface area contributed by atoms with E-state index >= 15 is 0 Å². The van der Waals surface area contributed by atoms with Crippen molar-refractivity contribution in [1.82, 2.24) is 10.2 Å². The van der Waals surface area contributed by atoms with Crippen molar-refractivity contribution in [1.29, 1.82) is 0 Å². The molecule has 1 aliphatic rings. The lowest BCUT2D eigenvalue weighted by molar-refractivity contribution is -0.143. The van der Waals surface area contributed by atoms with E-state index in [1.165, 1.54) is 4.90 Å². The summed E-state index contributed by atoms with van der Waals surface area (Å²) >= 11 is 0. The van der Waals surface area contributed by atoms with Crippen LogP contribution in [0.4, 0.5) is 4.79 Å². The van der Waals surface area contributed by atoms with Crippen LogP contribution in [0.1, 0.15) is 31.7 Å². The Kier molecular flexibility index (Phi) is 7.87. The molecule has 1 saturated heterocycles. The van der Waals surface area contributed by atoms with Crippen LogP contribution in [0.25, 0.3) is 11.1 Å². The smallest absolute Gasteiger partial charge is 0.317 e. The molecule has 1 fully saturated rings. The fourth-order valence-corrected chi connectivity index (χ4v) is 4.10. The lowest BCUT2D eigenvalue weighted by Crippen LogP contribution is -2.50. The number of benzene rings is 2. The number of carbonyl (C=O) groups excluding carboxylic acids is 1. The Balaban J connectivity index is 1.69. The number of aliphatic carboxylic acids is 2. The molecule has 1 heterocycles. The number of hydrogen-bond donors (Lipinski definition) is 3. The third-order valence-corrected chi connectivity index (χ3v) is 5.99. The molecule has 3 atom stereocenters. The molecule has 0 aromatic heterocycles. The number of carboxylic acid groups (broad SMARTS) is 2. The van der Waals surface area contributed by atoms with E-state index in [9.17, 15) is 24.6 Å². The average Bonchev–Trinajstić information content (AvgIpc) is 2.80. The maximum atomic E-state index is 12.8. The zero-order valence-corrected chi connectivity index (χ0v) is 18.2. The van der Waals surface area contributed by atoms with Crippen LogP contribution < -0.4 is 5.32 Å². The van der Waals surface area contributed by atoms with Crippen molar-refractivity contribution in [2.24, 2.45) is 11.8 Å². The van der Waals surface area contributed by atoms with E-state index in [1.54, 1.807) is 6.92 Å². The zero-order chi connectivity index (χ0) is 23.1. The van der Waals surface area contributed by atoms with Crippen molar-refractivity contribution in [3.8, 4) is 11.1 Å². The van der Waals surface area contributed by atoms with E-state index in [4.69, 9.17) is 0 Å². The molecule has 7 heteroatoms. The van der Waals surface area contributed by atoms with Gasteiger partial charge in [-0.1, -0.05) is 61.5 Å². The van der Waals surface area contributed by atoms with Crippen molar-refractivity contribution >= 4 is 18.0 Å². The number of urea groups is 1. The molecule has 3 rings (SSSR count). The van der Waals surface area contributed by atoms with Crippen LogP contribution in [-0.4, -0.2) is 52.2 Å². The van der Waals surface area contributed by atoms with E-state index < -0.39 is 23.8 Å². The predicted molar refractivity (Wildman–Crippen MR) is 121 cm³/mol. The fourth-order valence-electron chi connectivity index (χ4n) is 4.10. The van der Waals surface area contributed by atoms with Crippen LogP contribution in [0.5, 0.6) is 0 Å². The van der Waals surface area contributed by atoms with Crippen molar-refractivity contribution in [2.45, 2.75) is 38.6 Å². The summed E-state index contributed by atoms with van der Waals surface area (Å²) in [6, 6.07) is 17.3. The predicted octanol–water partition coefficient (Wildman–Crippen LogP) is 3.88. The molecule has 0 aliphatic carbocycles. The number of piperidine rings is 1. The second kappa shape index (κ2) is 10.8. The summed E-state index contributed by atoms with van der Waals surface area (Å²) in [6.45, 7) is 2.30. The third-order valence-electron chi connectivity index (χ3n) is 5.99. The molecule has 2 aromatic carbocycles. The second-order valence-corrected chi connectivity index (χ2v) is 8.51. The normalized spacial score (nSPS) is 17.9. The van der Waals surface area contributed by atoms with Crippen LogP contribution in [-0.2, 0) is 16.0 Å². The first kappa shape index (κ1) is 23.3. The van der Waals surface area contributed by atoms with Gasteiger partial charge in [-0.2, -0.15) is 0 Å². The highest BCUT2D eigenvalue weighted by atomic mass is 16.4. The number of hydrogen-bond acceptors (Lipinski definition) is 3. The number of carbonyl (C=O) groups is 3. The molecule has 0 bridgehead atoms. The third kappa shape index (κ3) is 6.33. The van der Waals surface area contributed by atoms with Crippen molar-refractivity contribution < 1.29 is 24.6 Å². The number of carboxylic acids is 2. The van der Waals surface area contributed by atoms with Gasteiger partial charge >= 0.3 is 18.0 Å². The topological polar surface area (TPSA) is 107 Å². The first-order valence-corrected chi connectivity index (χ1v) is 11.0. The molecule has 2 aromatic rings. The SMILES string of the molecule is C[C@H](C[C@@H](Cc1ccc(-c2ccccc2)cc1)NC(=O)N1CCCC(C(=O)O)C1)C(=O)O. The number of amides is 2. The Morgan fingerprint density at radius 2 is 1.69 bits per heavy atom. The number of rotatable bonds is 8. The van der Waals surface area contributed by atoms with E-state index in [1.807, 2.05) is 54.6 Å². The maximum absolute atomic E-state index is 12.8. The molecular weight excluding hydrogens is 408 g/mol. The molecule has 0 radical (unpaired) electrons. The van der Waals surface area contributed by atoms with E-state index in [2.05, 4.69) is 5.32 Å². The Morgan fingerprint density at radius 3 is 2.31 bits per heavy atom. The van der Waals surface area contributed by atoms with Crippen LogP contribution in [0.15, 0.2) is 54.6 Å². The van der Waals surface area contributed by atoms with E-state index in [0.29, 0.717) is 25.8 Å². The van der Waals surface area contributed by atoms with Gasteiger partial charge < -0.3 is 20.4 Å². The minimum absolute atomic E-state index is 0.175. The Labute approximate surface area is 188 Å². The molecule has 1 aliphatic heterocycles.